The van der Waals surface area contributed by atoms with Crippen molar-refractivity contribution in [3.8, 4) is 0 Å². The maximum absolute atomic E-state index is 12.8. The number of thiazole rings is 1. The number of unbranched alkanes of at least 4 members (excludes halogenated alkanes) is 3. The van der Waals surface area contributed by atoms with Gasteiger partial charge in [-0.3, -0.25) is 0 Å². The molecule has 31 heavy (non-hydrogen) atoms. The molecule has 2 aromatic rings. The molecule has 0 bridgehead atoms. The Morgan fingerprint density at radius 3 is 2.13 bits per heavy atom. The van der Waals surface area contributed by atoms with Gasteiger partial charge in [-0.25, -0.2) is 0 Å². The summed E-state index contributed by atoms with van der Waals surface area (Å²) in [5, 5.41) is 0. The van der Waals surface area contributed by atoms with Crippen LogP contribution in [0.1, 0.15) is 66.2 Å². The normalized spacial score (nSPS) is 13.5. The third-order valence-electron chi connectivity index (χ3n) is 5.95. The first-order chi connectivity index (χ1) is 14.9. The molecule has 2 rings (SSSR count). The number of aromatic nitrogens is 1. The fraction of sp³-hybridized carbons (Fsp3) is 0.560. The predicted molar refractivity (Wildman–Crippen MR) is 139 cm³/mol. The summed E-state index contributed by atoms with van der Waals surface area (Å²) >= 11 is -1.07. The van der Waals surface area contributed by atoms with E-state index in [0.717, 1.165) is 15.8 Å². The molecule has 172 valence electrons. The van der Waals surface area contributed by atoms with E-state index in [0.29, 0.717) is 0 Å². The second-order valence-corrected chi connectivity index (χ2v) is 24.9. The minimum absolute atomic E-state index is 0.0182. The van der Waals surface area contributed by atoms with E-state index in [1.807, 2.05) is 37.3 Å². The van der Waals surface area contributed by atoms with Gasteiger partial charge < -0.3 is 0 Å². The molecule has 0 N–H and O–H groups in total. The molecule has 6 heteroatoms. The summed E-state index contributed by atoms with van der Waals surface area (Å²) in [7, 11) is -3.40. The Kier molecular flexibility index (Phi) is 11.3. The first-order valence-electron chi connectivity index (χ1n) is 11.8. The molecule has 0 spiro atoms. The number of allylic oxidation sites excluding steroid dienone is 2. The second-order valence-electron chi connectivity index (χ2n) is 8.68. The Morgan fingerprint density at radius 1 is 1.00 bits per heavy atom. The van der Waals surface area contributed by atoms with Crippen molar-refractivity contribution in [1.82, 2.24) is 4.98 Å². The summed E-state index contributed by atoms with van der Waals surface area (Å²) in [4.78, 5) is 4.34. The third-order valence-corrected chi connectivity index (χ3v) is 23.1. The topological polar surface area (TPSA) is 47.0 Å². The van der Waals surface area contributed by atoms with Gasteiger partial charge in [-0.05, 0) is 0 Å². The van der Waals surface area contributed by atoms with Crippen LogP contribution in [0, 0.1) is 0 Å². The van der Waals surface area contributed by atoms with Gasteiger partial charge in [0.05, 0.1) is 0 Å². The van der Waals surface area contributed by atoms with Crippen LogP contribution in [0.4, 0.5) is 0 Å². The minimum atomic E-state index is -3.40. The van der Waals surface area contributed by atoms with Gasteiger partial charge in [-0.1, -0.05) is 0 Å². The molecule has 1 aromatic heterocycles. The summed E-state index contributed by atoms with van der Waals surface area (Å²) in [5.74, 6) is 0.0182. The quantitative estimate of drug-likeness (QED) is 0.172. The standard InChI is InChI=1S/C13H12NO2S2.3C4H9.Sn/c1-3-10(2)8-9-18(15,16)13-14-11-6-4-5-7-12(11)17-13;3*1-3-4-2;/h1,3-8H,9H2,2H3;3*1,3-4H2,2H3;/b3-1?,10-8-;;;;. The molecule has 0 radical (unpaired) electrons. The zero-order valence-corrected chi connectivity index (χ0v) is 24.2. The molecule has 0 amide bonds. The van der Waals surface area contributed by atoms with Gasteiger partial charge in [0, 0.05) is 0 Å². The molecule has 0 fully saturated rings. The van der Waals surface area contributed by atoms with Crippen molar-refractivity contribution in [2.45, 2.75) is 83.9 Å². The van der Waals surface area contributed by atoms with Crippen LogP contribution in [0.3, 0.4) is 0 Å². The molecule has 0 aliphatic carbocycles. The van der Waals surface area contributed by atoms with E-state index in [4.69, 9.17) is 0 Å². The predicted octanol–water partition coefficient (Wildman–Crippen LogP) is 7.96. The van der Waals surface area contributed by atoms with Crippen molar-refractivity contribution in [2.24, 2.45) is 0 Å². The Hall–Kier alpha value is -0.661. The average Bonchev–Trinajstić information content (AvgIpc) is 3.22. The summed E-state index contributed by atoms with van der Waals surface area (Å²) in [6.45, 7) is 8.91. The van der Waals surface area contributed by atoms with Crippen LogP contribution < -0.4 is 0 Å². The van der Waals surface area contributed by atoms with Crippen LogP contribution in [-0.2, 0) is 9.84 Å². The van der Waals surface area contributed by atoms with E-state index >= 15 is 0 Å². The first-order valence-corrected chi connectivity index (χ1v) is 22.0. The number of para-hydroxylation sites is 1. The first kappa shape index (κ1) is 26.6. The van der Waals surface area contributed by atoms with E-state index in [-0.39, 0.29) is 10.1 Å². The summed E-state index contributed by atoms with van der Waals surface area (Å²) in [6.07, 6.45) is 11.9. The number of sulfone groups is 1. The zero-order valence-electron chi connectivity index (χ0n) is 19.7. The van der Waals surface area contributed by atoms with Gasteiger partial charge in [0.2, 0.25) is 0 Å². The van der Waals surface area contributed by atoms with Crippen molar-refractivity contribution in [2.75, 3.05) is 5.75 Å². The molecule has 0 aliphatic heterocycles. The van der Waals surface area contributed by atoms with Gasteiger partial charge in [0.15, 0.2) is 0 Å². The summed E-state index contributed by atoms with van der Waals surface area (Å²) in [6, 6.07) is 7.59. The van der Waals surface area contributed by atoms with E-state index in [1.165, 1.54) is 63.2 Å². The molecule has 0 saturated carbocycles. The molecule has 0 aliphatic rings. The van der Waals surface area contributed by atoms with E-state index in [2.05, 4.69) is 35.9 Å². The monoisotopic (exact) mass is 569 g/mol. The molecule has 3 nitrogen and oxygen atoms in total. The molecule has 0 unspecified atom stereocenters. The Bertz CT molecular complexity index is 922. The van der Waals surface area contributed by atoms with Crippen molar-refractivity contribution in [3.05, 3.63) is 46.1 Å². The number of hydrogen-bond acceptors (Lipinski definition) is 4. The number of fused-ring (bicyclic) bond motifs is 1. The van der Waals surface area contributed by atoms with Gasteiger partial charge in [-0.15, -0.1) is 0 Å². The molecule has 1 heterocycles. The van der Waals surface area contributed by atoms with Gasteiger partial charge >= 0.3 is 199 Å². The molecular weight excluding hydrogens is 529 g/mol. The fourth-order valence-electron chi connectivity index (χ4n) is 3.88. The number of benzene rings is 1. The number of hydrogen-bond donors (Lipinski definition) is 0. The van der Waals surface area contributed by atoms with Crippen LogP contribution in [0.2, 0.25) is 13.3 Å². The fourth-order valence-corrected chi connectivity index (χ4v) is 20.8. The van der Waals surface area contributed by atoms with Gasteiger partial charge in [0.1, 0.15) is 0 Å². The molecule has 1 aromatic carbocycles. The molecular formula is C25H39NO2S2Sn. The molecule has 0 saturated heterocycles. The van der Waals surface area contributed by atoms with Gasteiger partial charge in [-0.2, -0.15) is 0 Å². The average molecular weight is 568 g/mol. The van der Waals surface area contributed by atoms with Crippen LogP contribution >= 0.6 is 11.3 Å². The van der Waals surface area contributed by atoms with E-state index < -0.39 is 28.2 Å². The number of nitrogens with zero attached hydrogens (tertiary/aromatic N) is 1. The van der Waals surface area contributed by atoms with Crippen molar-refractivity contribution >= 4 is 49.8 Å². The van der Waals surface area contributed by atoms with Crippen LogP contribution in [0.25, 0.3) is 10.2 Å². The van der Waals surface area contributed by atoms with Crippen molar-refractivity contribution in [3.63, 3.8) is 0 Å². The van der Waals surface area contributed by atoms with E-state index in [9.17, 15) is 8.42 Å². The SMILES string of the molecule is CCC[CH2][Sn](/[CH]=C/C(C)=C\CS(=O)(=O)c1nc2ccccc2s1)([CH2]CCC)[CH2]CCC. The third kappa shape index (κ3) is 8.32. The summed E-state index contributed by atoms with van der Waals surface area (Å²) in [5.41, 5.74) is 1.82. The second kappa shape index (κ2) is 13.1. The maximum atomic E-state index is 12.8. The van der Waals surface area contributed by atoms with Crippen molar-refractivity contribution in [1.29, 1.82) is 0 Å². The Labute approximate surface area is 197 Å². The Balaban J connectivity index is 2.16. The zero-order chi connectivity index (χ0) is 22.7. The Morgan fingerprint density at radius 2 is 1.58 bits per heavy atom. The van der Waals surface area contributed by atoms with Crippen LogP contribution in [0.15, 0.2) is 50.4 Å². The summed E-state index contributed by atoms with van der Waals surface area (Å²) < 4.78 is 33.7. The number of rotatable bonds is 14. The van der Waals surface area contributed by atoms with Crippen LogP contribution in [0.5, 0.6) is 0 Å². The van der Waals surface area contributed by atoms with Crippen molar-refractivity contribution < 1.29 is 8.42 Å². The molecule has 0 atom stereocenters. The van der Waals surface area contributed by atoms with Crippen LogP contribution in [-0.4, -0.2) is 37.5 Å². The van der Waals surface area contributed by atoms with Gasteiger partial charge in [0.25, 0.3) is 0 Å². The van der Waals surface area contributed by atoms with E-state index in [1.54, 1.807) is 0 Å².